The zero-order chi connectivity index (χ0) is 15.2. The van der Waals surface area contributed by atoms with Crippen LogP contribution in [0.5, 0.6) is 0 Å². The monoisotopic (exact) mass is 305 g/mol. The van der Waals surface area contributed by atoms with Gasteiger partial charge in [0, 0.05) is 18.5 Å². The molecule has 2 aliphatic heterocycles. The van der Waals surface area contributed by atoms with E-state index in [2.05, 4.69) is 6.58 Å². The van der Waals surface area contributed by atoms with Gasteiger partial charge in [-0.1, -0.05) is 23.8 Å². The lowest BCUT2D eigenvalue weighted by Crippen LogP contribution is -2.35. The van der Waals surface area contributed by atoms with Crippen molar-refractivity contribution >= 4 is 15.7 Å². The molecule has 3 rings (SSSR count). The van der Waals surface area contributed by atoms with Crippen LogP contribution < -0.4 is 0 Å². The van der Waals surface area contributed by atoms with Gasteiger partial charge in [0.15, 0.2) is 15.1 Å². The van der Waals surface area contributed by atoms with Crippen molar-refractivity contribution in [1.29, 1.82) is 0 Å². The van der Waals surface area contributed by atoms with Gasteiger partial charge in [0.1, 0.15) is 0 Å². The molecule has 0 N–H and O–H groups in total. The van der Waals surface area contributed by atoms with Gasteiger partial charge >= 0.3 is 0 Å². The molecule has 3 atom stereocenters. The van der Waals surface area contributed by atoms with Crippen LogP contribution in [0.25, 0.3) is 0 Å². The quantitative estimate of drug-likeness (QED) is 0.802. The summed E-state index contributed by atoms with van der Waals surface area (Å²) in [6, 6.07) is 6.69. The highest BCUT2D eigenvalue weighted by Gasteiger charge is 2.54. The van der Waals surface area contributed by atoms with Crippen molar-refractivity contribution in [3.63, 3.8) is 0 Å². The number of carbonyl (C=O) groups is 1. The fraction of sp³-hybridized carbons (Fsp3) is 0.438. The summed E-state index contributed by atoms with van der Waals surface area (Å²) in [4.78, 5) is 14.5. The maximum Gasteiger partial charge on any atom is 0.242 e. The molecule has 2 aliphatic rings. The molecule has 21 heavy (non-hydrogen) atoms. The smallest absolute Gasteiger partial charge is 0.242 e. The van der Waals surface area contributed by atoms with Gasteiger partial charge in [-0.15, -0.1) is 6.58 Å². The van der Waals surface area contributed by atoms with Crippen LogP contribution >= 0.6 is 0 Å². The molecule has 4 nitrogen and oxygen atoms in total. The fourth-order valence-electron chi connectivity index (χ4n) is 3.49. The Kier molecular flexibility index (Phi) is 3.40. The first-order valence-electron chi connectivity index (χ1n) is 7.20. The van der Waals surface area contributed by atoms with Crippen molar-refractivity contribution < 1.29 is 13.2 Å². The van der Waals surface area contributed by atoms with Gasteiger partial charge < -0.3 is 4.90 Å². The molecule has 2 heterocycles. The van der Waals surface area contributed by atoms with Crippen LogP contribution in [0.2, 0.25) is 0 Å². The normalized spacial score (nSPS) is 28.7. The van der Waals surface area contributed by atoms with Crippen molar-refractivity contribution in [3.05, 3.63) is 42.5 Å². The Morgan fingerprint density at radius 1 is 1.29 bits per heavy atom. The number of hydrogen-bond donors (Lipinski definition) is 0. The molecule has 0 saturated carbocycles. The average molecular weight is 305 g/mol. The number of benzene rings is 1. The van der Waals surface area contributed by atoms with Gasteiger partial charge in [-0.2, -0.15) is 0 Å². The number of amides is 1. The zero-order valence-corrected chi connectivity index (χ0v) is 12.8. The van der Waals surface area contributed by atoms with Crippen molar-refractivity contribution in [2.75, 3.05) is 6.54 Å². The molecule has 1 aromatic rings. The number of aryl methyl sites for hydroxylation is 1. The molecule has 2 fully saturated rings. The molecule has 1 amide bonds. The van der Waals surface area contributed by atoms with Gasteiger partial charge in [-0.05, 0) is 31.9 Å². The molecule has 112 valence electrons. The SMILES string of the molecule is C=C[C@H]1[C@@H]2CCCN2C(=O)[C@@H]1S(=O)(=O)c1ccc(C)cc1. The van der Waals surface area contributed by atoms with Gasteiger partial charge in [0.05, 0.1) is 4.90 Å². The predicted octanol–water partition coefficient (Wildman–Crippen LogP) is 1.94. The Morgan fingerprint density at radius 3 is 2.57 bits per heavy atom. The Morgan fingerprint density at radius 2 is 1.95 bits per heavy atom. The minimum atomic E-state index is -3.67. The fourth-order valence-corrected chi connectivity index (χ4v) is 5.41. The number of sulfone groups is 1. The molecule has 0 spiro atoms. The second kappa shape index (κ2) is 4.98. The summed E-state index contributed by atoms with van der Waals surface area (Å²) in [6.45, 7) is 6.33. The van der Waals surface area contributed by atoms with E-state index in [1.165, 1.54) is 0 Å². The highest BCUT2D eigenvalue weighted by molar-refractivity contribution is 7.92. The summed E-state index contributed by atoms with van der Waals surface area (Å²) in [5.41, 5.74) is 0.993. The van der Waals surface area contributed by atoms with Crippen LogP contribution in [0.15, 0.2) is 41.8 Å². The van der Waals surface area contributed by atoms with E-state index >= 15 is 0 Å². The lowest BCUT2D eigenvalue weighted by molar-refractivity contribution is -0.127. The molecule has 5 heteroatoms. The van der Waals surface area contributed by atoms with E-state index in [4.69, 9.17) is 0 Å². The average Bonchev–Trinajstić information content (AvgIpc) is 3.01. The molecule has 0 aliphatic carbocycles. The van der Waals surface area contributed by atoms with Crippen LogP contribution in [0.3, 0.4) is 0 Å². The maximum atomic E-state index is 12.9. The number of rotatable bonds is 3. The molecule has 0 radical (unpaired) electrons. The van der Waals surface area contributed by atoms with Crippen molar-refractivity contribution in [2.24, 2.45) is 5.92 Å². The Hall–Kier alpha value is -1.62. The third-order valence-corrected chi connectivity index (χ3v) is 6.69. The summed E-state index contributed by atoms with van der Waals surface area (Å²) in [5.74, 6) is -0.575. The van der Waals surface area contributed by atoms with Gasteiger partial charge in [0.2, 0.25) is 5.91 Å². The van der Waals surface area contributed by atoms with Crippen LogP contribution in [0.4, 0.5) is 0 Å². The van der Waals surface area contributed by atoms with Gasteiger partial charge in [0.25, 0.3) is 0 Å². The highest BCUT2D eigenvalue weighted by atomic mass is 32.2. The number of nitrogens with zero attached hydrogens (tertiary/aromatic N) is 1. The number of fused-ring (bicyclic) bond motifs is 1. The first-order valence-corrected chi connectivity index (χ1v) is 8.75. The van der Waals surface area contributed by atoms with E-state index in [-0.39, 0.29) is 22.8 Å². The van der Waals surface area contributed by atoms with Crippen molar-refractivity contribution in [3.8, 4) is 0 Å². The summed E-state index contributed by atoms with van der Waals surface area (Å²) in [6.07, 6.45) is 3.45. The molecular weight excluding hydrogens is 286 g/mol. The van der Waals surface area contributed by atoms with E-state index < -0.39 is 15.1 Å². The van der Waals surface area contributed by atoms with E-state index in [1.54, 1.807) is 35.2 Å². The van der Waals surface area contributed by atoms with Crippen molar-refractivity contribution in [2.45, 2.75) is 36.0 Å². The lowest BCUT2D eigenvalue weighted by Gasteiger charge is -2.18. The van der Waals surface area contributed by atoms with Gasteiger partial charge in [-0.3, -0.25) is 4.79 Å². The second-order valence-corrected chi connectivity index (χ2v) is 7.90. The minimum absolute atomic E-state index is 0.000207. The van der Waals surface area contributed by atoms with E-state index in [1.807, 2.05) is 6.92 Å². The van der Waals surface area contributed by atoms with E-state index in [0.717, 1.165) is 18.4 Å². The highest BCUT2D eigenvalue weighted by Crippen LogP contribution is 2.39. The number of carbonyl (C=O) groups excluding carboxylic acids is 1. The predicted molar refractivity (Wildman–Crippen MR) is 80.6 cm³/mol. The Labute approximate surface area is 125 Å². The van der Waals surface area contributed by atoms with Crippen LogP contribution in [0, 0.1) is 12.8 Å². The minimum Gasteiger partial charge on any atom is -0.338 e. The summed E-state index contributed by atoms with van der Waals surface area (Å²) in [5, 5.41) is -1.01. The van der Waals surface area contributed by atoms with Gasteiger partial charge in [-0.25, -0.2) is 8.42 Å². The molecular formula is C16H19NO3S. The third kappa shape index (κ3) is 2.11. The Bertz CT molecular complexity index is 678. The van der Waals surface area contributed by atoms with E-state index in [9.17, 15) is 13.2 Å². The topological polar surface area (TPSA) is 54.5 Å². The largest absolute Gasteiger partial charge is 0.338 e. The second-order valence-electron chi connectivity index (χ2n) is 5.83. The molecule has 0 bridgehead atoms. The summed E-state index contributed by atoms with van der Waals surface area (Å²) in [7, 11) is -3.67. The molecule has 0 aromatic heterocycles. The first kappa shape index (κ1) is 14.3. The van der Waals surface area contributed by atoms with Crippen LogP contribution in [0.1, 0.15) is 18.4 Å². The number of hydrogen-bond acceptors (Lipinski definition) is 3. The maximum absolute atomic E-state index is 12.9. The summed E-state index contributed by atoms with van der Waals surface area (Å²) < 4.78 is 25.7. The molecule has 0 unspecified atom stereocenters. The van der Waals surface area contributed by atoms with Crippen molar-refractivity contribution in [1.82, 2.24) is 4.90 Å². The summed E-state index contributed by atoms with van der Waals surface area (Å²) >= 11 is 0. The zero-order valence-electron chi connectivity index (χ0n) is 12.0. The van der Waals surface area contributed by atoms with Crippen LogP contribution in [-0.4, -0.2) is 37.1 Å². The molecule has 2 saturated heterocycles. The van der Waals surface area contributed by atoms with E-state index in [0.29, 0.717) is 6.54 Å². The lowest BCUT2D eigenvalue weighted by atomic mass is 9.98. The first-order chi connectivity index (χ1) is 9.96. The molecule has 1 aromatic carbocycles. The standard InChI is InChI=1S/C16H19NO3S/c1-3-13-14-5-4-10-17(14)16(18)15(13)21(19,20)12-8-6-11(2)7-9-12/h3,6-9,13-15H,1,4-5,10H2,2H3/t13-,14-,15+/m0/s1. The Balaban J connectivity index is 2.03. The third-order valence-electron chi connectivity index (χ3n) is 4.58. The van der Waals surface area contributed by atoms with Crippen LogP contribution in [-0.2, 0) is 14.6 Å².